The molecule has 2 aromatic heterocycles. The number of rotatable bonds is 2. The third-order valence-corrected chi connectivity index (χ3v) is 1.78. The summed E-state index contributed by atoms with van der Waals surface area (Å²) in [5.41, 5.74) is 1.28. The third kappa shape index (κ3) is 1.94. The fourth-order valence-electron chi connectivity index (χ4n) is 1.10. The van der Waals surface area contributed by atoms with E-state index in [0.29, 0.717) is 11.4 Å². The quantitative estimate of drug-likeness (QED) is 0.801. The van der Waals surface area contributed by atoms with Crippen LogP contribution in [-0.4, -0.2) is 15.2 Å². The van der Waals surface area contributed by atoms with Gasteiger partial charge in [0.15, 0.2) is 0 Å². The molecule has 2 rings (SSSR count). The Balaban J connectivity index is 2.28. The number of pyridine rings is 1. The lowest BCUT2D eigenvalue weighted by atomic mass is 10.3. The van der Waals surface area contributed by atoms with Crippen LogP contribution in [-0.2, 0) is 0 Å². The summed E-state index contributed by atoms with van der Waals surface area (Å²) in [6.45, 7) is 1.86. The molecule has 0 aliphatic carbocycles. The lowest BCUT2D eigenvalue weighted by Crippen LogP contribution is -1.91. The van der Waals surface area contributed by atoms with Gasteiger partial charge in [0.05, 0.1) is 0 Å². The van der Waals surface area contributed by atoms with Crippen LogP contribution in [0.4, 0.5) is 0 Å². The van der Waals surface area contributed by atoms with Gasteiger partial charge in [-0.3, -0.25) is 5.10 Å². The van der Waals surface area contributed by atoms with E-state index >= 15 is 0 Å². The van der Waals surface area contributed by atoms with Crippen LogP contribution in [0.2, 0.25) is 0 Å². The normalized spacial score (nSPS) is 9.60. The van der Waals surface area contributed by atoms with E-state index in [2.05, 4.69) is 15.2 Å². The lowest BCUT2D eigenvalue weighted by Gasteiger charge is -2.00. The number of nitrogens with one attached hydrogen (secondary N) is 1. The van der Waals surface area contributed by atoms with Crippen molar-refractivity contribution in [3.63, 3.8) is 0 Å². The van der Waals surface area contributed by atoms with Gasteiger partial charge in [-0.2, -0.15) is 5.26 Å². The molecule has 2 heterocycles. The van der Waals surface area contributed by atoms with Gasteiger partial charge in [-0.25, -0.2) is 4.98 Å². The van der Waals surface area contributed by atoms with Crippen LogP contribution in [0.15, 0.2) is 24.4 Å². The average Bonchev–Trinajstić information content (AvgIpc) is 2.65. The van der Waals surface area contributed by atoms with Gasteiger partial charge in [0.25, 0.3) is 0 Å². The molecule has 1 N–H and O–H groups in total. The molecule has 0 bridgehead atoms. The predicted octanol–water partition coefficient (Wildman–Crippen LogP) is 1.78. The Morgan fingerprint density at radius 3 is 3.07 bits per heavy atom. The van der Waals surface area contributed by atoms with E-state index in [4.69, 9.17) is 10.00 Å². The van der Waals surface area contributed by atoms with E-state index in [1.165, 1.54) is 0 Å². The number of ether oxygens (including phenoxy) is 1. The maximum absolute atomic E-state index is 8.80. The maximum atomic E-state index is 8.80. The molecule has 0 saturated heterocycles. The van der Waals surface area contributed by atoms with Crippen LogP contribution in [0.5, 0.6) is 11.8 Å². The fraction of sp³-hybridized carbons (Fsp3) is 0.100. The maximum Gasteiger partial charge on any atom is 0.240 e. The Hall–Kier alpha value is -2.35. The number of aryl methyl sites for hydroxylation is 1. The molecular formula is C10H8N4O. The van der Waals surface area contributed by atoms with Gasteiger partial charge in [0.1, 0.15) is 11.6 Å². The van der Waals surface area contributed by atoms with Crippen LogP contribution in [0.1, 0.15) is 11.3 Å². The summed E-state index contributed by atoms with van der Waals surface area (Å²) in [5, 5.41) is 15.4. The summed E-state index contributed by atoms with van der Waals surface area (Å²) < 4.78 is 5.35. The zero-order valence-electron chi connectivity index (χ0n) is 8.06. The molecule has 15 heavy (non-hydrogen) atoms. The van der Waals surface area contributed by atoms with E-state index < -0.39 is 0 Å². The van der Waals surface area contributed by atoms with E-state index in [1.54, 1.807) is 24.4 Å². The van der Waals surface area contributed by atoms with Crippen molar-refractivity contribution in [1.29, 1.82) is 5.26 Å². The van der Waals surface area contributed by atoms with Gasteiger partial charge in [-0.1, -0.05) is 0 Å². The molecule has 0 aliphatic heterocycles. The highest BCUT2D eigenvalue weighted by molar-refractivity contribution is 5.38. The van der Waals surface area contributed by atoms with Crippen LogP contribution in [0.3, 0.4) is 0 Å². The minimum absolute atomic E-state index is 0.270. The highest BCUT2D eigenvalue weighted by atomic mass is 16.5. The Kier molecular flexibility index (Phi) is 2.33. The molecule has 0 spiro atoms. The minimum atomic E-state index is 0.270. The average molecular weight is 200 g/mol. The lowest BCUT2D eigenvalue weighted by molar-refractivity contribution is 0.442. The van der Waals surface area contributed by atoms with Gasteiger partial charge in [-0.05, 0) is 19.1 Å². The van der Waals surface area contributed by atoms with Crippen molar-refractivity contribution >= 4 is 0 Å². The number of nitrogens with zero attached hydrogens (tertiary/aromatic N) is 3. The topological polar surface area (TPSA) is 74.6 Å². The molecule has 0 radical (unpaired) electrons. The summed E-state index contributed by atoms with van der Waals surface area (Å²) in [4.78, 5) is 3.96. The highest BCUT2D eigenvalue weighted by Crippen LogP contribution is 2.20. The van der Waals surface area contributed by atoms with Crippen LogP contribution >= 0.6 is 0 Å². The Bertz CT molecular complexity index is 512. The van der Waals surface area contributed by atoms with Crippen molar-refractivity contribution in [2.45, 2.75) is 6.92 Å². The van der Waals surface area contributed by atoms with Gasteiger partial charge < -0.3 is 4.74 Å². The molecule has 0 amide bonds. The number of hydrogen-bond donors (Lipinski definition) is 1. The molecule has 0 aliphatic rings. The molecule has 5 nitrogen and oxygen atoms in total. The largest absolute Gasteiger partial charge is 0.418 e. The molecule has 0 saturated carbocycles. The monoisotopic (exact) mass is 200 g/mol. The SMILES string of the molecule is Cc1cc(Oc2ncccc2C#N)n[nH]1. The first-order valence-corrected chi connectivity index (χ1v) is 4.34. The highest BCUT2D eigenvalue weighted by Gasteiger charge is 2.06. The Labute approximate surface area is 86.3 Å². The van der Waals surface area contributed by atoms with Crippen LogP contribution in [0.25, 0.3) is 0 Å². The zero-order chi connectivity index (χ0) is 10.7. The standard InChI is InChI=1S/C10H8N4O/c1-7-5-9(14-13-7)15-10-8(6-11)3-2-4-12-10/h2-5H,1H3,(H,13,14). The second kappa shape index (κ2) is 3.80. The molecule has 2 aromatic rings. The van der Waals surface area contributed by atoms with Crippen LogP contribution < -0.4 is 4.74 Å². The third-order valence-electron chi connectivity index (χ3n) is 1.78. The van der Waals surface area contributed by atoms with Gasteiger partial charge in [-0.15, -0.1) is 5.10 Å². The number of nitriles is 1. The van der Waals surface area contributed by atoms with Gasteiger partial charge in [0, 0.05) is 18.0 Å². The van der Waals surface area contributed by atoms with Crippen molar-refractivity contribution in [2.24, 2.45) is 0 Å². The Morgan fingerprint density at radius 1 is 1.53 bits per heavy atom. The summed E-state index contributed by atoms with van der Waals surface area (Å²) in [7, 11) is 0. The van der Waals surface area contributed by atoms with Crippen molar-refractivity contribution in [1.82, 2.24) is 15.2 Å². The number of aromatic amines is 1. The molecule has 0 aromatic carbocycles. The number of aromatic nitrogens is 3. The van der Waals surface area contributed by atoms with E-state index in [0.717, 1.165) is 5.69 Å². The number of hydrogen-bond acceptors (Lipinski definition) is 4. The van der Waals surface area contributed by atoms with Crippen molar-refractivity contribution in [3.05, 3.63) is 35.7 Å². The fourth-order valence-corrected chi connectivity index (χ4v) is 1.10. The molecule has 74 valence electrons. The second-order valence-corrected chi connectivity index (χ2v) is 2.96. The second-order valence-electron chi connectivity index (χ2n) is 2.96. The summed E-state index contributed by atoms with van der Waals surface area (Å²) in [6.07, 6.45) is 1.57. The number of H-pyrrole nitrogens is 1. The summed E-state index contributed by atoms with van der Waals surface area (Å²) in [5.74, 6) is 0.675. The van der Waals surface area contributed by atoms with Gasteiger partial charge >= 0.3 is 0 Å². The summed E-state index contributed by atoms with van der Waals surface area (Å²) >= 11 is 0. The zero-order valence-corrected chi connectivity index (χ0v) is 8.06. The van der Waals surface area contributed by atoms with Crippen molar-refractivity contribution in [3.8, 4) is 17.8 Å². The van der Waals surface area contributed by atoms with E-state index in [9.17, 15) is 0 Å². The molecule has 0 fully saturated rings. The Morgan fingerprint density at radius 2 is 2.40 bits per heavy atom. The van der Waals surface area contributed by atoms with E-state index in [-0.39, 0.29) is 5.88 Å². The summed E-state index contributed by atoms with van der Waals surface area (Å²) in [6, 6.07) is 7.05. The minimum Gasteiger partial charge on any atom is -0.418 e. The smallest absolute Gasteiger partial charge is 0.240 e. The van der Waals surface area contributed by atoms with E-state index in [1.807, 2.05) is 13.0 Å². The molecular weight excluding hydrogens is 192 g/mol. The molecule has 5 heteroatoms. The van der Waals surface area contributed by atoms with Gasteiger partial charge in [0.2, 0.25) is 11.8 Å². The first-order chi connectivity index (χ1) is 7.29. The molecule has 0 atom stereocenters. The van der Waals surface area contributed by atoms with Crippen molar-refractivity contribution < 1.29 is 4.74 Å². The van der Waals surface area contributed by atoms with Crippen LogP contribution in [0, 0.1) is 18.3 Å². The predicted molar refractivity (Wildman–Crippen MR) is 52.4 cm³/mol. The van der Waals surface area contributed by atoms with Crippen molar-refractivity contribution in [2.75, 3.05) is 0 Å². The first-order valence-electron chi connectivity index (χ1n) is 4.34. The molecule has 0 unspecified atom stereocenters. The first kappa shape index (κ1) is 9.21.